The van der Waals surface area contributed by atoms with Crippen LogP contribution in [0.5, 0.6) is 0 Å². The van der Waals surface area contributed by atoms with Gasteiger partial charge in [-0.1, -0.05) is 12.1 Å². The summed E-state index contributed by atoms with van der Waals surface area (Å²) >= 11 is 0. The molecule has 0 amide bonds. The van der Waals surface area contributed by atoms with E-state index in [1.165, 1.54) is 43.6 Å². The Labute approximate surface area is 129 Å². The summed E-state index contributed by atoms with van der Waals surface area (Å²) in [6, 6.07) is 9.82. The number of anilines is 1. The topological polar surface area (TPSA) is 35.5 Å². The van der Waals surface area contributed by atoms with Crippen molar-refractivity contribution in [1.29, 1.82) is 0 Å². The normalized spacial score (nSPS) is 18.5. The summed E-state index contributed by atoms with van der Waals surface area (Å²) in [6.07, 6.45) is 5.91. The highest BCUT2D eigenvalue weighted by molar-refractivity contribution is 5.48. The van der Waals surface area contributed by atoms with E-state index in [2.05, 4.69) is 48.3 Å². The van der Waals surface area contributed by atoms with Crippen LogP contribution in [0.15, 0.2) is 24.3 Å². The van der Waals surface area contributed by atoms with Crippen molar-refractivity contribution in [1.82, 2.24) is 5.32 Å². The average Bonchev–Trinajstić information content (AvgIpc) is 2.54. The van der Waals surface area contributed by atoms with E-state index in [9.17, 15) is 0 Å². The minimum absolute atomic E-state index is 0.283. The van der Waals surface area contributed by atoms with E-state index in [0.717, 1.165) is 12.8 Å². The van der Waals surface area contributed by atoms with Crippen molar-refractivity contribution in [3.8, 4) is 0 Å². The molecule has 2 rings (SSSR count). The number of piperidine rings is 1. The van der Waals surface area contributed by atoms with Crippen molar-refractivity contribution in [3.63, 3.8) is 0 Å². The second-order valence-corrected chi connectivity index (χ2v) is 6.29. The molecule has 2 unspecified atom stereocenters. The highest BCUT2D eigenvalue weighted by atomic mass is 16.2. The van der Waals surface area contributed by atoms with Gasteiger partial charge in [-0.15, -0.1) is 0 Å². The van der Waals surface area contributed by atoms with Crippen LogP contribution in [0.2, 0.25) is 0 Å². The monoisotopic (exact) mass is 290 g/mol. The summed E-state index contributed by atoms with van der Waals surface area (Å²) < 4.78 is 0. The van der Waals surface area contributed by atoms with E-state index in [0.29, 0.717) is 12.1 Å². The molecule has 1 aromatic carbocycles. The molecule has 3 nitrogen and oxygen atoms in total. The first kappa shape index (κ1) is 16.3. The molecule has 0 radical (unpaired) electrons. The van der Waals surface area contributed by atoms with Gasteiger partial charge in [-0.2, -0.15) is 0 Å². The molecule has 2 N–H and O–H groups in total. The molecule has 2 atom stereocenters. The van der Waals surface area contributed by atoms with Gasteiger partial charge in [-0.25, -0.2) is 0 Å². The van der Waals surface area contributed by atoms with E-state index in [1.807, 2.05) is 0 Å². The Morgan fingerprint density at radius 3 is 2.38 bits per heavy atom. The van der Waals surface area contributed by atoms with E-state index in [1.54, 1.807) is 0 Å². The molecule has 1 saturated heterocycles. The molecule has 3 heteroatoms. The first-order valence-electron chi connectivity index (χ1n) is 8.42. The van der Waals surface area contributed by atoms with Gasteiger partial charge in [0.05, 0.1) is 0 Å². The number of hydrogen-bond donors (Lipinski definition) is 2. The van der Waals surface area contributed by atoms with Crippen LogP contribution >= 0.6 is 0 Å². The lowest BCUT2D eigenvalue weighted by atomic mass is 10.0. The molecule has 118 valence electrons. The van der Waals surface area contributed by atoms with Crippen molar-refractivity contribution in [3.05, 3.63) is 29.8 Å². The van der Waals surface area contributed by atoms with Crippen molar-refractivity contribution >= 4 is 5.69 Å². The molecule has 1 heterocycles. The second kappa shape index (κ2) is 8.40. The fourth-order valence-corrected chi connectivity index (χ4v) is 3.13. The van der Waals surface area contributed by atoms with E-state index >= 15 is 0 Å². The summed E-state index contributed by atoms with van der Waals surface area (Å²) in [6.45, 7) is 7.08. The minimum atomic E-state index is 0.283. The molecule has 0 aliphatic carbocycles. The fraction of sp³-hybridized carbons (Fsp3) is 0.667. The van der Waals surface area contributed by atoms with Gasteiger partial charge < -0.3 is 15.3 Å². The summed E-state index contributed by atoms with van der Waals surface area (Å²) in [7, 11) is 0. The average molecular weight is 290 g/mol. The third-order valence-electron chi connectivity index (χ3n) is 4.44. The number of rotatable bonds is 7. The van der Waals surface area contributed by atoms with E-state index in [-0.39, 0.29) is 6.61 Å². The lowest BCUT2D eigenvalue weighted by Gasteiger charge is -2.29. The zero-order valence-electron chi connectivity index (χ0n) is 13.5. The highest BCUT2D eigenvalue weighted by Gasteiger charge is 2.12. The van der Waals surface area contributed by atoms with Crippen molar-refractivity contribution in [2.75, 3.05) is 24.6 Å². The van der Waals surface area contributed by atoms with Crippen LogP contribution in [0, 0.1) is 0 Å². The minimum Gasteiger partial charge on any atom is -0.396 e. The Bertz CT molecular complexity index is 398. The summed E-state index contributed by atoms with van der Waals surface area (Å²) in [5.41, 5.74) is 2.70. The number of aliphatic hydroxyl groups is 1. The van der Waals surface area contributed by atoms with Crippen molar-refractivity contribution in [2.45, 2.75) is 58.0 Å². The SMILES string of the molecule is CC(CCCO)NC(C)c1ccc(N2CCCCC2)cc1. The molecule has 0 bridgehead atoms. The number of nitrogens with zero attached hydrogens (tertiary/aromatic N) is 1. The summed E-state index contributed by atoms with van der Waals surface area (Å²) in [5.74, 6) is 0. The Morgan fingerprint density at radius 2 is 1.76 bits per heavy atom. The van der Waals surface area contributed by atoms with Crippen LogP contribution in [0.25, 0.3) is 0 Å². The van der Waals surface area contributed by atoms with Gasteiger partial charge in [-0.3, -0.25) is 0 Å². The first-order valence-corrected chi connectivity index (χ1v) is 8.42. The smallest absolute Gasteiger partial charge is 0.0431 e. The Morgan fingerprint density at radius 1 is 1.10 bits per heavy atom. The third kappa shape index (κ3) is 5.01. The van der Waals surface area contributed by atoms with Crippen LogP contribution in [0.1, 0.15) is 57.6 Å². The van der Waals surface area contributed by atoms with Crippen molar-refractivity contribution < 1.29 is 5.11 Å². The maximum atomic E-state index is 8.89. The largest absolute Gasteiger partial charge is 0.396 e. The molecule has 21 heavy (non-hydrogen) atoms. The quantitative estimate of drug-likeness (QED) is 0.807. The van der Waals surface area contributed by atoms with Gasteiger partial charge in [0, 0.05) is 37.5 Å². The predicted octanol–water partition coefficient (Wildman–Crippen LogP) is 3.49. The van der Waals surface area contributed by atoms with Crippen LogP contribution in [0.4, 0.5) is 5.69 Å². The van der Waals surface area contributed by atoms with E-state index < -0.39 is 0 Å². The van der Waals surface area contributed by atoms with Crippen LogP contribution < -0.4 is 10.2 Å². The molecule has 0 spiro atoms. The fourth-order valence-electron chi connectivity index (χ4n) is 3.13. The van der Waals surface area contributed by atoms with Gasteiger partial charge in [0.25, 0.3) is 0 Å². The maximum absolute atomic E-state index is 8.89. The lowest BCUT2D eigenvalue weighted by Crippen LogP contribution is -2.30. The zero-order chi connectivity index (χ0) is 15.1. The van der Waals surface area contributed by atoms with Crippen LogP contribution in [-0.4, -0.2) is 30.8 Å². The second-order valence-electron chi connectivity index (χ2n) is 6.29. The molecule has 0 saturated carbocycles. The number of aliphatic hydroxyl groups excluding tert-OH is 1. The molecular formula is C18H30N2O. The van der Waals surface area contributed by atoms with Gasteiger partial charge in [0.2, 0.25) is 0 Å². The molecule has 1 aliphatic heterocycles. The molecule has 1 aromatic rings. The molecular weight excluding hydrogens is 260 g/mol. The Balaban J connectivity index is 1.88. The van der Waals surface area contributed by atoms with Crippen molar-refractivity contribution in [2.24, 2.45) is 0 Å². The van der Waals surface area contributed by atoms with Crippen LogP contribution in [0.3, 0.4) is 0 Å². The van der Waals surface area contributed by atoms with Crippen LogP contribution in [-0.2, 0) is 0 Å². The van der Waals surface area contributed by atoms with Gasteiger partial charge in [0.1, 0.15) is 0 Å². The molecule has 1 aliphatic rings. The summed E-state index contributed by atoms with van der Waals surface area (Å²) in [5, 5.41) is 12.5. The first-order chi connectivity index (χ1) is 10.2. The zero-order valence-corrected chi connectivity index (χ0v) is 13.5. The molecule has 1 fully saturated rings. The Hall–Kier alpha value is -1.06. The Kier molecular flexibility index (Phi) is 6.52. The number of hydrogen-bond acceptors (Lipinski definition) is 3. The summed E-state index contributed by atoms with van der Waals surface area (Å²) in [4.78, 5) is 2.50. The predicted molar refractivity (Wildman–Crippen MR) is 89.8 cm³/mol. The van der Waals surface area contributed by atoms with Gasteiger partial charge >= 0.3 is 0 Å². The van der Waals surface area contributed by atoms with E-state index in [4.69, 9.17) is 5.11 Å². The number of nitrogens with one attached hydrogen (secondary N) is 1. The lowest BCUT2D eigenvalue weighted by molar-refractivity contribution is 0.274. The molecule has 0 aromatic heterocycles. The third-order valence-corrected chi connectivity index (χ3v) is 4.44. The van der Waals surface area contributed by atoms with Gasteiger partial charge in [-0.05, 0) is 63.6 Å². The van der Waals surface area contributed by atoms with Gasteiger partial charge in [0.15, 0.2) is 0 Å². The standard InChI is InChI=1S/C18H30N2O/c1-15(7-6-14-21)19-16(2)17-8-10-18(11-9-17)20-12-4-3-5-13-20/h8-11,15-16,19,21H,3-7,12-14H2,1-2H3. The number of benzene rings is 1. The maximum Gasteiger partial charge on any atom is 0.0431 e. The highest BCUT2D eigenvalue weighted by Crippen LogP contribution is 2.22.